The molecular formula is C17H16FN3O3. The van der Waals surface area contributed by atoms with E-state index in [-0.39, 0.29) is 31.2 Å². The van der Waals surface area contributed by atoms with Crippen LogP contribution < -0.4 is 15.4 Å². The van der Waals surface area contributed by atoms with E-state index in [9.17, 15) is 9.18 Å². The van der Waals surface area contributed by atoms with Crippen molar-refractivity contribution >= 4 is 11.7 Å². The van der Waals surface area contributed by atoms with E-state index >= 15 is 0 Å². The Morgan fingerprint density at radius 3 is 2.83 bits per heavy atom. The van der Waals surface area contributed by atoms with Gasteiger partial charge in [-0.2, -0.15) is 5.26 Å². The Bertz CT molecular complexity index is 759. The van der Waals surface area contributed by atoms with Gasteiger partial charge < -0.3 is 20.5 Å². The lowest BCUT2D eigenvalue weighted by Gasteiger charge is -2.10. The second kappa shape index (κ2) is 8.50. The molecule has 0 heterocycles. The molecule has 0 bridgehead atoms. The van der Waals surface area contributed by atoms with Gasteiger partial charge in [0, 0.05) is 18.3 Å². The van der Waals surface area contributed by atoms with Crippen LogP contribution in [0.1, 0.15) is 11.1 Å². The van der Waals surface area contributed by atoms with E-state index in [1.807, 2.05) is 6.07 Å². The van der Waals surface area contributed by atoms with Gasteiger partial charge in [-0.05, 0) is 29.8 Å². The van der Waals surface area contributed by atoms with Gasteiger partial charge in [-0.15, -0.1) is 0 Å². The molecule has 0 aliphatic rings. The second-order valence-electron chi connectivity index (χ2n) is 4.85. The molecule has 7 heteroatoms. The number of benzene rings is 2. The van der Waals surface area contributed by atoms with Crippen molar-refractivity contribution in [3.05, 3.63) is 59.4 Å². The zero-order valence-electron chi connectivity index (χ0n) is 12.8. The minimum Gasteiger partial charge on any atom is -0.486 e. The minimum atomic E-state index is -0.619. The summed E-state index contributed by atoms with van der Waals surface area (Å²) >= 11 is 0. The van der Waals surface area contributed by atoms with E-state index in [1.165, 1.54) is 12.1 Å². The predicted molar refractivity (Wildman–Crippen MR) is 86.0 cm³/mol. The summed E-state index contributed by atoms with van der Waals surface area (Å²) in [5, 5.41) is 22.3. The Balaban J connectivity index is 1.97. The van der Waals surface area contributed by atoms with Crippen LogP contribution >= 0.6 is 0 Å². The Morgan fingerprint density at radius 2 is 2.12 bits per heavy atom. The van der Waals surface area contributed by atoms with Crippen molar-refractivity contribution in [2.75, 3.05) is 18.5 Å². The van der Waals surface area contributed by atoms with Gasteiger partial charge in [-0.25, -0.2) is 9.18 Å². The third-order valence-corrected chi connectivity index (χ3v) is 3.04. The quantitative estimate of drug-likeness (QED) is 0.758. The molecule has 0 unspecified atom stereocenters. The molecule has 24 heavy (non-hydrogen) atoms. The average molecular weight is 329 g/mol. The zero-order valence-corrected chi connectivity index (χ0v) is 12.8. The third kappa shape index (κ3) is 4.97. The standard InChI is InChI=1S/C17H16FN3O3/c18-15-9-14(21-17(23)20-6-7-22)4-5-16(15)24-11-13-3-1-2-12(8-13)10-19/h1-5,8-9,22H,6-7,11H2,(H2,20,21,23). The summed E-state index contributed by atoms with van der Waals surface area (Å²) in [6, 6.07) is 12.4. The number of ether oxygens (including phenoxy) is 1. The van der Waals surface area contributed by atoms with Crippen LogP contribution in [0, 0.1) is 17.1 Å². The molecule has 124 valence electrons. The van der Waals surface area contributed by atoms with Crippen molar-refractivity contribution in [2.24, 2.45) is 0 Å². The van der Waals surface area contributed by atoms with Gasteiger partial charge in [0.25, 0.3) is 0 Å². The van der Waals surface area contributed by atoms with Crippen LogP contribution in [-0.4, -0.2) is 24.3 Å². The van der Waals surface area contributed by atoms with E-state index in [0.717, 1.165) is 11.6 Å². The van der Waals surface area contributed by atoms with Gasteiger partial charge in [0.2, 0.25) is 0 Å². The van der Waals surface area contributed by atoms with E-state index in [4.69, 9.17) is 15.1 Å². The smallest absolute Gasteiger partial charge is 0.319 e. The Hall–Kier alpha value is -3.11. The van der Waals surface area contributed by atoms with Gasteiger partial charge in [0.1, 0.15) is 6.61 Å². The summed E-state index contributed by atoms with van der Waals surface area (Å²) in [4.78, 5) is 11.4. The van der Waals surface area contributed by atoms with Crippen molar-refractivity contribution < 1.29 is 19.0 Å². The topological polar surface area (TPSA) is 94.4 Å². The van der Waals surface area contributed by atoms with E-state index in [2.05, 4.69) is 10.6 Å². The molecular weight excluding hydrogens is 313 g/mol. The number of nitriles is 1. The molecule has 0 aliphatic heterocycles. The lowest BCUT2D eigenvalue weighted by molar-refractivity contribution is 0.245. The highest BCUT2D eigenvalue weighted by Crippen LogP contribution is 2.22. The summed E-state index contributed by atoms with van der Waals surface area (Å²) in [7, 11) is 0. The maximum absolute atomic E-state index is 14.0. The van der Waals surface area contributed by atoms with Crippen LogP contribution in [0.25, 0.3) is 0 Å². The number of halogens is 1. The van der Waals surface area contributed by atoms with Gasteiger partial charge in [-0.1, -0.05) is 12.1 Å². The second-order valence-corrected chi connectivity index (χ2v) is 4.85. The molecule has 0 aliphatic carbocycles. The number of carbonyl (C=O) groups is 1. The van der Waals surface area contributed by atoms with Crippen LogP contribution in [-0.2, 0) is 6.61 Å². The molecule has 0 saturated heterocycles. The van der Waals surface area contributed by atoms with E-state index in [0.29, 0.717) is 5.56 Å². The zero-order chi connectivity index (χ0) is 17.4. The summed E-state index contributed by atoms with van der Waals surface area (Å²) < 4.78 is 19.4. The van der Waals surface area contributed by atoms with Gasteiger partial charge in [-0.3, -0.25) is 0 Å². The molecule has 3 N–H and O–H groups in total. The van der Waals surface area contributed by atoms with Gasteiger partial charge in [0.05, 0.1) is 18.2 Å². The number of aliphatic hydroxyl groups is 1. The number of urea groups is 1. The number of anilines is 1. The third-order valence-electron chi connectivity index (χ3n) is 3.04. The van der Waals surface area contributed by atoms with Gasteiger partial charge >= 0.3 is 6.03 Å². The van der Waals surface area contributed by atoms with Crippen molar-refractivity contribution in [3.8, 4) is 11.8 Å². The number of hydrogen-bond donors (Lipinski definition) is 3. The largest absolute Gasteiger partial charge is 0.486 e. The Morgan fingerprint density at radius 1 is 1.29 bits per heavy atom. The number of amides is 2. The fraction of sp³-hybridized carbons (Fsp3) is 0.176. The molecule has 0 saturated carbocycles. The van der Waals surface area contributed by atoms with Crippen molar-refractivity contribution in [2.45, 2.75) is 6.61 Å². The first-order chi connectivity index (χ1) is 11.6. The summed E-state index contributed by atoms with van der Waals surface area (Å²) in [6.07, 6.45) is 0. The molecule has 2 aromatic carbocycles. The Kier molecular flexibility index (Phi) is 6.11. The lowest BCUT2D eigenvalue weighted by Crippen LogP contribution is -2.30. The molecule has 0 fully saturated rings. The molecule has 0 spiro atoms. The van der Waals surface area contributed by atoms with Crippen molar-refractivity contribution in [3.63, 3.8) is 0 Å². The maximum atomic E-state index is 14.0. The molecule has 0 aromatic heterocycles. The van der Waals surface area contributed by atoms with Crippen LogP contribution in [0.5, 0.6) is 5.75 Å². The van der Waals surface area contributed by atoms with Crippen LogP contribution in [0.4, 0.5) is 14.9 Å². The number of aliphatic hydroxyl groups excluding tert-OH is 1. The lowest BCUT2D eigenvalue weighted by atomic mass is 10.1. The Labute approximate surface area is 138 Å². The monoisotopic (exact) mass is 329 g/mol. The predicted octanol–water partition coefficient (Wildman–Crippen LogP) is 2.39. The normalized spacial score (nSPS) is 9.88. The molecule has 2 rings (SSSR count). The maximum Gasteiger partial charge on any atom is 0.319 e. The van der Waals surface area contributed by atoms with E-state index < -0.39 is 11.8 Å². The molecule has 6 nitrogen and oxygen atoms in total. The molecule has 2 aromatic rings. The summed E-state index contributed by atoms with van der Waals surface area (Å²) in [6.45, 7) is 0.0506. The molecule has 2 amide bonds. The first kappa shape index (κ1) is 17.2. The average Bonchev–Trinajstić information content (AvgIpc) is 2.59. The minimum absolute atomic E-state index is 0.0404. The van der Waals surface area contributed by atoms with Crippen LogP contribution in [0.2, 0.25) is 0 Å². The first-order valence-electron chi connectivity index (χ1n) is 7.19. The molecule has 0 atom stereocenters. The molecule has 0 radical (unpaired) electrons. The van der Waals surface area contributed by atoms with Crippen molar-refractivity contribution in [1.29, 1.82) is 5.26 Å². The van der Waals surface area contributed by atoms with Gasteiger partial charge in [0.15, 0.2) is 11.6 Å². The SMILES string of the molecule is N#Cc1cccc(COc2ccc(NC(=O)NCCO)cc2F)c1. The first-order valence-corrected chi connectivity index (χ1v) is 7.19. The van der Waals surface area contributed by atoms with E-state index in [1.54, 1.807) is 24.3 Å². The number of nitrogens with one attached hydrogen (secondary N) is 2. The summed E-state index contributed by atoms with van der Waals surface area (Å²) in [5.41, 5.74) is 1.52. The fourth-order valence-electron chi connectivity index (χ4n) is 1.93. The highest BCUT2D eigenvalue weighted by molar-refractivity contribution is 5.89. The number of rotatable bonds is 6. The highest BCUT2D eigenvalue weighted by atomic mass is 19.1. The summed E-state index contributed by atoms with van der Waals surface area (Å²) in [5.74, 6) is -0.579. The fourth-order valence-corrected chi connectivity index (χ4v) is 1.93. The number of carbonyl (C=O) groups excluding carboxylic acids is 1. The van der Waals surface area contributed by atoms with Crippen LogP contribution in [0.15, 0.2) is 42.5 Å². The van der Waals surface area contributed by atoms with Crippen LogP contribution in [0.3, 0.4) is 0 Å². The highest BCUT2D eigenvalue weighted by Gasteiger charge is 2.08. The van der Waals surface area contributed by atoms with Crippen molar-refractivity contribution in [1.82, 2.24) is 5.32 Å². The number of hydrogen-bond acceptors (Lipinski definition) is 4. The number of nitrogens with zero attached hydrogens (tertiary/aromatic N) is 1.